The third-order valence-corrected chi connectivity index (χ3v) is 4.30. The average molecular weight is 372 g/mol. The lowest BCUT2D eigenvalue weighted by atomic mass is 10.1. The first-order chi connectivity index (χ1) is 12.3. The zero-order valence-electron chi connectivity index (χ0n) is 14.7. The Morgan fingerprint density at radius 1 is 1.15 bits per heavy atom. The number of nitrogens with zero attached hydrogens (tertiary/aromatic N) is 1. The molecule has 0 saturated heterocycles. The summed E-state index contributed by atoms with van der Waals surface area (Å²) >= 11 is 6.29. The first kappa shape index (κ1) is 18.0. The SMILES string of the molecule is Cc1cc(=O)oc2cc(OCc3ccc(C(=O)N(C)C)cc3)c(Cl)cc12. The molecule has 1 amide bonds. The standard InChI is InChI=1S/C20H18ClNO4/c1-12-8-19(23)26-17-10-18(16(21)9-15(12)17)25-11-13-4-6-14(7-5-13)20(24)22(2)3/h4-10H,11H2,1-3H3. The highest BCUT2D eigenvalue weighted by molar-refractivity contribution is 6.32. The van der Waals surface area contributed by atoms with Gasteiger partial charge in [-0.1, -0.05) is 23.7 Å². The number of ether oxygens (including phenoxy) is 1. The van der Waals surface area contributed by atoms with Crippen LogP contribution >= 0.6 is 11.6 Å². The van der Waals surface area contributed by atoms with E-state index in [9.17, 15) is 9.59 Å². The molecule has 0 N–H and O–H groups in total. The van der Waals surface area contributed by atoms with Crippen LogP contribution in [0.2, 0.25) is 5.02 Å². The Kier molecular flexibility index (Phi) is 5.00. The van der Waals surface area contributed by atoms with Crippen LogP contribution in [0.4, 0.5) is 0 Å². The average Bonchev–Trinajstić information content (AvgIpc) is 2.60. The first-order valence-electron chi connectivity index (χ1n) is 8.02. The van der Waals surface area contributed by atoms with Crippen LogP contribution in [0.15, 0.2) is 51.7 Å². The molecule has 0 aliphatic rings. The summed E-state index contributed by atoms with van der Waals surface area (Å²) in [5.74, 6) is 0.377. The van der Waals surface area contributed by atoms with Crippen molar-refractivity contribution in [3.05, 3.63) is 74.6 Å². The maximum absolute atomic E-state index is 11.9. The molecule has 6 heteroatoms. The van der Waals surface area contributed by atoms with Crippen molar-refractivity contribution in [2.24, 2.45) is 0 Å². The number of carbonyl (C=O) groups is 1. The number of benzene rings is 2. The maximum atomic E-state index is 11.9. The Labute approximate surface area is 155 Å². The predicted octanol–water partition coefficient (Wildman–Crippen LogP) is 4.04. The van der Waals surface area contributed by atoms with Gasteiger partial charge in [0.15, 0.2) is 0 Å². The summed E-state index contributed by atoms with van der Waals surface area (Å²) in [6, 6.07) is 11.9. The third-order valence-electron chi connectivity index (χ3n) is 4.01. The van der Waals surface area contributed by atoms with Crippen LogP contribution in [0.3, 0.4) is 0 Å². The number of rotatable bonds is 4. The van der Waals surface area contributed by atoms with Crippen molar-refractivity contribution >= 4 is 28.5 Å². The molecule has 26 heavy (non-hydrogen) atoms. The summed E-state index contributed by atoms with van der Waals surface area (Å²) in [5.41, 5.74) is 2.32. The summed E-state index contributed by atoms with van der Waals surface area (Å²) in [6.45, 7) is 2.10. The van der Waals surface area contributed by atoms with Crippen LogP contribution < -0.4 is 10.4 Å². The van der Waals surface area contributed by atoms with E-state index in [0.717, 1.165) is 16.5 Å². The minimum atomic E-state index is -0.413. The summed E-state index contributed by atoms with van der Waals surface area (Å²) in [7, 11) is 3.42. The van der Waals surface area contributed by atoms with Gasteiger partial charge >= 0.3 is 5.63 Å². The molecule has 2 aromatic carbocycles. The van der Waals surface area contributed by atoms with E-state index < -0.39 is 5.63 Å². The molecule has 3 aromatic rings. The summed E-state index contributed by atoms with van der Waals surface area (Å²) in [5, 5.41) is 1.21. The number of fused-ring (bicyclic) bond motifs is 1. The molecule has 0 fully saturated rings. The van der Waals surface area contributed by atoms with Crippen molar-refractivity contribution in [1.82, 2.24) is 4.90 Å². The molecule has 0 unspecified atom stereocenters. The Morgan fingerprint density at radius 2 is 1.85 bits per heavy atom. The van der Waals surface area contributed by atoms with Crippen molar-refractivity contribution in [2.45, 2.75) is 13.5 Å². The fourth-order valence-electron chi connectivity index (χ4n) is 2.59. The molecule has 0 aliphatic heterocycles. The maximum Gasteiger partial charge on any atom is 0.336 e. The topological polar surface area (TPSA) is 59.8 Å². The minimum absolute atomic E-state index is 0.0551. The van der Waals surface area contributed by atoms with E-state index in [0.29, 0.717) is 21.9 Å². The second-order valence-electron chi connectivity index (χ2n) is 6.21. The first-order valence-corrected chi connectivity index (χ1v) is 8.40. The molecule has 1 aromatic heterocycles. The molecular weight excluding hydrogens is 354 g/mol. The molecule has 0 atom stereocenters. The molecule has 134 valence electrons. The Balaban J connectivity index is 1.80. The highest BCUT2D eigenvalue weighted by atomic mass is 35.5. The van der Waals surface area contributed by atoms with Crippen molar-refractivity contribution in [3.8, 4) is 5.75 Å². The minimum Gasteiger partial charge on any atom is -0.487 e. The lowest BCUT2D eigenvalue weighted by molar-refractivity contribution is 0.0827. The van der Waals surface area contributed by atoms with E-state index >= 15 is 0 Å². The quantitative estimate of drug-likeness (QED) is 0.649. The second kappa shape index (κ2) is 7.22. The Bertz CT molecular complexity index is 1020. The van der Waals surface area contributed by atoms with Crippen LogP contribution in [0, 0.1) is 6.92 Å². The molecule has 0 radical (unpaired) electrons. The van der Waals surface area contributed by atoms with Gasteiger partial charge in [-0.3, -0.25) is 4.79 Å². The molecule has 1 heterocycles. The Morgan fingerprint density at radius 3 is 2.50 bits per heavy atom. The second-order valence-corrected chi connectivity index (χ2v) is 6.62. The van der Waals surface area contributed by atoms with Gasteiger partial charge in [0.25, 0.3) is 5.91 Å². The number of hydrogen-bond donors (Lipinski definition) is 0. The van der Waals surface area contributed by atoms with Crippen molar-refractivity contribution in [2.75, 3.05) is 14.1 Å². The predicted molar refractivity (Wildman–Crippen MR) is 101 cm³/mol. The number of aryl methyl sites for hydroxylation is 1. The summed E-state index contributed by atoms with van der Waals surface area (Å²) in [4.78, 5) is 25.0. The number of amides is 1. The lowest BCUT2D eigenvalue weighted by Crippen LogP contribution is -2.21. The molecule has 5 nitrogen and oxygen atoms in total. The largest absolute Gasteiger partial charge is 0.487 e. The van der Waals surface area contributed by atoms with E-state index in [1.165, 1.54) is 11.0 Å². The lowest BCUT2D eigenvalue weighted by Gasteiger charge is -2.12. The number of hydrogen-bond acceptors (Lipinski definition) is 4. The third kappa shape index (κ3) is 3.73. The molecule has 3 rings (SSSR count). The summed E-state index contributed by atoms with van der Waals surface area (Å²) in [6.07, 6.45) is 0. The van der Waals surface area contributed by atoms with Crippen LogP contribution in [-0.2, 0) is 6.61 Å². The van der Waals surface area contributed by atoms with E-state index in [1.54, 1.807) is 38.4 Å². The van der Waals surface area contributed by atoms with E-state index in [2.05, 4.69) is 0 Å². The van der Waals surface area contributed by atoms with Gasteiger partial charge in [-0.05, 0) is 36.2 Å². The van der Waals surface area contributed by atoms with Gasteiger partial charge in [-0.25, -0.2) is 4.79 Å². The van der Waals surface area contributed by atoms with Crippen LogP contribution in [0.5, 0.6) is 5.75 Å². The van der Waals surface area contributed by atoms with Gasteiger partial charge in [0.1, 0.15) is 17.9 Å². The van der Waals surface area contributed by atoms with Gasteiger partial charge in [-0.2, -0.15) is 0 Å². The van der Waals surface area contributed by atoms with E-state index in [1.807, 2.05) is 19.1 Å². The highest BCUT2D eigenvalue weighted by Crippen LogP contribution is 2.31. The fraction of sp³-hybridized carbons (Fsp3) is 0.200. The smallest absolute Gasteiger partial charge is 0.336 e. The number of carbonyl (C=O) groups excluding carboxylic acids is 1. The summed E-state index contributed by atoms with van der Waals surface area (Å²) < 4.78 is 11.0. The van der Waals surface area contributed by atoms with Gasteiger partial charge in [0.05, 0.1) is 5.02 Å². The number of halogens is 1. The molecular formula is C20H18ClNO4. The van der Waals surface area contributed by atoms with Crippen LogP contribution in [0.25, 0.3) is 11.0 Å². The highest BCUT2D eigenvalue weighted by Gasteiger charge is 2.10. The van der Waals surface area contributed by atoms with Crippen molar-refractivity contribution < 1.29 is 13.9 Å². The van der Waals surface area contributed by atoms with Crippen LogP contribution in [-0.4, -0.2) is 24.9 Å². The fourth-order valence-corrected chi connectivity index (χ4v) is 2.81. The van der Waals surface area contributed by atoms with Crippen molar-refractivity contribution in [3.63, 3.8) is 0 Å². The van der Waals surface area contributed by atoms with Gasteiger partial charge < -0.3 is 14.1 Å². The molecule has 0 aliphatic carbocycles. The monoisotopic (exact) mass is 371 g/mol. The zero-order valence-corrected chi connectivity index (χ0v) is 15.5. The normalized spacial score (nSPS) is 10.8. The molecule has 0 saturated carbocycles. The Hall–Kier alpha value is -2.79. The van der Waals surface area contributed by atoms with Gasteiger partial charge in [-0.15, -0.1) is 0 Å². The van der Waals surface area contributed by atoms with Gasteiger partial charge in [0.2, 0.25) is 0 Å². The van der Waals surface area contributed by atoms with E-state index in [4.69, 9.17) is 20.8 Å². The zero-order chi connectivity index (χ0) is 18.8. The van der Waals surface area contributed by atoms with Gasteiger partial charge in [0, 0.05) is 37.2 Å². The van der Waals surface area contributed by atoms with E-state index in [-0.39, 0.29) is 12.5 Å². The molecule has 0 bridgehead atoms. The van der Waals surface area contributed by atoms with Crippen molar-refractivity contribution in [1.29, 1.82) is 0 Å². The molecule has 0 spiro atoms. The van der Waals surface area contributed by atoms with Crippen LogP contribution in [0.1, 0.15) is 21.5 Å².